The predicted octanol–water partition coefficient (Wildman–Crippen LogP) is 5.44. The van der Waals surface area contributed by atoms with Gasteiger partial charge in [-0.2, -0.15) is 5.10 Å². The summed E-state index contributed by atoms with van der Waals surface area (Å²) in [6.45, 7) is 10.2. The Labute approximate surface area is 198 Å². The zero-order valence-electron chi connectivity index (χ0n) is 19.3. The Kier molecular flexibility index (Phi) is 6.50. The third kappa shape index (κ3) is 3.90. The van der Waals surface area contributed by atoms with Gasteiger partial charge in [0.05, 0.1) is 24.3 Å². The fourth-order valence-electron chi connectivity index (χ4n) is 5.32. The van der Waals surface area contributed by atoms with Gasteiger partial charge in [-0.25, -0.2) is 4.79 Å². The highest BCUT2D eigenvalue weighted by atomic mass is 79.9. The molecule has 0 spiro atoms. The van der Waals surface area contributed by atoms with Crippen LogP contribution in [0.25, 0.3) is 0 Å². The molecule has 0 radical (unpaired) electrons. The van der Waals surface area contributed by atoms with Crippen molar-refractivity contribution in [2.45, 2.75) is 40.3 Å². The van der Waals surface area contributed by atoms with Gasteiger partial charge < -0.3 is 14.2 Å². The van der Waals surface area contributed by atoms with E-state index in [2.05, 4.69) is 60.0 Å². The summed E-state index contributed by atoms with van der Waals surface area (Å²) in [5.41, 5.74) is 2.51. The largest absolute Gasteiger partial charge is 0.497 e. The quantitative estimate of drug-likeness (QED) is 0.388. The van der Waals surface area contributed by atoms with Gasteiger partial charge in [0, 0.05) is 24.1 Å². The van der Waals surface area contributed by atoms with Crippen LogP contribution in [0.4, 0.5) is 0 Å². The van der Waals surface area contributed by atoms with Crippen molar-refractivity contribution in [3.05, 3.63) is 57.8 Å². The predicted molar refractivity (Wildman–Crippen MR) is 126 cm³/mol. The summed E-state index contributed by atoms with van der Waals surface area (Å²) in [5, 5.41) is 4.33. The number of fused-ring (bicyclic) bond motifs is 2. The number of benzene rings is 1. The van der Waals surface area contributed by atoms with Crippen molar-refractivity contribution in [1.29, 1.82) is 0 Å². The highest BCUT2D eigenvalue weighted by Crippen LogP contribution is 2.56. The molecule has 6 nitrogen and oxygen atoms in total. The van der Waals surface area contributed by atoms with Gasteiger partial charge in [0.25, 0.3) is 0 Å². The van der Waals surface area contributed by atoms with Crippen LogP contribution in [0.1, 0.15) is 49.9 Å². The van der Waals surface area contributed by atoms with Gasteiger partial charge in [0.2, 0.25) is 0 Å². The zero-order valence-corrected chi connectivity index (χ0v) is 20.9. The normalized spacial score (nSPS) is 29.4. The van der Waals surface area contributed by atoms with E-state index in [0.717, 1.165) is 11.3 Å². The van der Waals surface area contributed by atoms with Crippen molar-refractivity contribution in [2.24, 2.45) is 23.2 Å². The fraction of sp³-hybridized carbons (Fsp3) is 0.520. The summed E-state index contributed by atoms with van der Waals surface area (Å²) in [7, 11) is 1.67. The summed E-state index contributed by atoms with van der Waals surface area (Å²) < 4.78 is 20.0. The number of hydrogen-bond acceptors (Lipinski definition) is 5. The molecule has 2 aromatic rings. The Bertz CT molecular complexity index is 1020. The molecule has 0 N–H and O–H groups in total. The number of carbonyl (C=O) groups excluding carboxylic acids is 1. The lowest BCUT2D eigenvalue weighted by Crippen LogP contribution is -2.54. The van der Waals surface area contributed by atoms with Crippen LogP contribution < -0.4 is 4.74 Å². The topological polar surface area (TPSA) is 62.6 Å². The maximum Gasteiger partial charge on any atom is 0.360 e. The van der Waals surface area contributed by atoms with E-state index in [0.29, 0.717) is 29.9 Å². The van der Waals surface area contributed by atoms with Gasteiger partial charge in [0.15, 0.2) is 5.69 Å². The van der Waals surface area contributed by atoms with Crippen LogP contribution in [-0.4, -0.2) is 36.1 Å². The number of aromatic nitrogens is 2. The number of ether oxygens (including phenoxy) is 3. The minimum Gasteiger partial charge on any atom is -0.497 e. The van der Waals surface area contributed by atoms with Crippen LogP contribution in [0.3, 0.4) is 0 Å². The number of nitrogens with zero attached hydrogens (tertiary/aromatic N) is 2. The first-order valence-electron chi connectivity index (χ1n) is 11.1. The van der Waals surface area contributed by atoms with E-state index in [-0.39, 0.29) is 29.3 Å². The molecule has 1 saturated heterocycles. The summed E-state index contributed by atoms with van der Waals surface area (Å²) >= 11 is 3.42. The molecular weight excluding hydrogens is 472 g/mol. The average Bonchev–Trinajstić information content (AvgIpc) is 3.17. The highest BCUT2D eigenvalue weighted by molar-refractivity contribution is 9.10. The second-order valence-electron chi connectivity index (χ2n) is 9.01. The standard InChI is InChI=1S/C25H31BrN2O4/c1-6-28-12-20(26)22(27-28)24(29)32-14-25-13-31-23(18-7-9-19(30-5)10-8-18)21(17(25)4)15(2)11-16(25)3/h7-12,16-17,21,23H,6,13-14H2,1-5H3. The second-order valence-corrected chi connectivity index (χ2v) is 9.86. The van der Waals surface area contributed by atoms with E-state index in [4.69, 9.17) is 14.2 Å². The second kappa shape index (κ2) is 9.02. The lowest BCUT2D eigenvalue weighted by Gasteiger charge is -2.55. The molecule has 32 heavy (non-hydrogen) atoms. The molecule has 2 heterocycles. The minimum atomic E-state index is -0.405. The Morgan fingerprint density at radius 2 is 2.03 bits per heavy atom. The first kappa shape index (κ1) is 23.1. The summed E-state index contributed by atoms with van der Waals surface area (Å²) in [4.78, 5) is 12.8. The molecule has 2 aliphatic rings. The van der Waals surface area contributed by atoms with E-state index >= 15 is 0 Å². The highest BCUT2D eigenvalue weighted by Gasteiger charge is 2.54. The number of rotatable bonds is 6. The van der Waals surface area contributed by atoms with E-state index in [9.17, 15) is 4.79 Å². The van der Waals surface area contributed by atoms with Crippen LogP contribution in [-0.2, 0) is 16.0 Å². The number of aryl methyl sites for hydroxylation is 1. The molecule has 2 bridgehead atoms. The fourth-order valence-corrected chi connectivity index (χ4v) is 5.80. The molecule has 172 valence electrons. The maximum absolute atomic E-state index is 12.8. The molecule has 7 heteroatoms. The van der Waals surface area contributed by atoms with Crippen LogP contribution in [0.15, 0.2) is 46.6 Å². The molecule has 1 aliphatic heterocycles. The van der Waals surface area contributed by atoms with Gasteiger partial charge >= 0.3 is 5.97 Å². The van der Waals surface area contributed by atoms with E-state index < -0.39 is 5.97 Å². The molecule has 1 fully saturated rings. The average molecular weight is 503 g/mol. The van der Waals surface area contributed by atoms with Gasteiger partial charge in [-0.05, 0) is 59.3 Å². The number of hydrogen-bond donors (Lipinski definition) is 0. The Hall–Kier alpha value is -2.12. The Morgan fingerprint density at radius 1 is 1.31 bits per heavy atom. The van der Waals surface area contributed by atoms with Crippen molar-refractivity contribution >= 4 is 21.9 Å². The van der Waals surface area contributed by atoms with Crippen LogP contribution in [0.5, 0.6) is 5.75 Å². The summed E-state index contributed by atoms with van der Waals surface area (Å²) in [6.07, 6.45) is 4.10. The Morgan fingerprint density at radius 3 is 2.66 bits per heavy atom. The maximum atomic E-state index is 12.8. The first-order chi connectivity index (χ1) is 15.3. The molecular formula is C25H31BrN2O4. The number of halogens is 1. The first-order valence-corrected chi connectivity index (χ1v) is 11.9. The minimum absolute atomic E-state index is 0.0297. The van der Waals surface area contributed by atoms with Crippen LogP contribution in [0.2, 0.25) is 0 Å². The van der Waals surface area contributed by atoms with E-state index in [1.807, 2.05) is 19.1 Å². The SMILES string of the molecule is CCn1cc(Br)c(C(=O)OCC23COC(c4ccc(OC)cc4)C(C(C)=CC2C)C3C)n1. The molecule has 5 unspecified atom stereocenters. The number of carbonyl (C=O) groups is 1. The van der Waals surface area contributed by atoms with Crippen molar-refractivity contribution in [2.75, 3.05) is 20.3 Å². The molecule has 0 amide bonds. The molecule has 4 rings (SSSR count). The molecule has 1 aromatic carbocycles. The van der Waals surface area contributed by atoms with Gasteiger partial charge in [-0.3, -0.25) is 4.68 Å². The van der Waals surface area contributed by atoms with Gasteiger partial charge in [0.1, 0.15) is 12.4 Å². The van der Waals surface area contributed by atoms with E-state index in [1.165, 1.54) is 5.57 Å². The number of methoxy groups -OCH3 is 1. The molecule has 0 saturated carbocycles. The Balaban J connectivity index is 1.56. The summed E-state index contributed by atoms with van der Waals surface area (Å²) in [6, 6.07) is 8.11. The van der Waals surface area contributed by atoms with E-state index in [1.54, 1.807) is 18.0 Å². The molecule has 5 atom stereocenters. The van der Waals surface area contributed by atoms with Crippen molar-refractivity contribution in [3.63, 3.8) is 0 Å². The monoisotopic (exact) mass is 502 g/mol. The van der Waals surface area contributed by atoms with Crippen LogP contribution >= 0.6 is 15.9 Å². The number of esters is 1. The molecule has 1 aliphatic carbocycles. The van der Waals surface area contributed by atoms with Gasteiger partial charge in [-0.1, -0.05) is 37.6 Å². The molecule has 1 aromatic heterocycles. The lowest BCUT2D eigenvalue weighted by molar-refractivity contribution is -0.166. The van der Waals surface area contributed by atoms with Crippen molar-refractivity contribution in [3.8, 4) is 5.75 Å². The third-order valence-electron chi connectivity index (χ3n) is 7.40. The smallest absolute Gasteiger partial charge is 0.360 e. The van der Waals surface area contributed by atoms with Crippen molar-refractivity contribution in [1.82, 2.24) is 9.78 Å². The lowest BCUT2D eigenvalue weighted by atomic mass is 9.56. The summed E-state index contributed by atoms with van der Waals surface area (Å²) in [5.74, 6) is 1.17. The van der Waals surface area contributed by atoms with Gasteiger partial charge in [-0.15, -0.1) is 0 Å². The third-order valence-corrected chi connectivity index (χ3v) is 7.98. The van der Waals surface area contributed by atoms with Crippen LogP contribution in [0, 0.1) is 23.2 Å². The van der Waals surface area contributed by atoms with Crippen molar-refractivity contribution < 1.29 is 19.0 Å². The number of allylic oxidation sites excluding steroid dienone is 1. The zero-order chi connectivity index (χ0) is 23.0.